The summed E-state index contributed by atoms with van der Waals surface area (Å²) in [6.45, 7) is 3.45. The Labute approximate surface area is 201 Å². The third-order valence-electron chi connectivity index (χ3n) is 5.83. The number of anilines is 3. The summed E-state index contributed by atoms with van der Waals surface area (Å²) in [5.41, 5.74) is 2.64. The highest BCUT2D eigenvalue weighted by Crippen LogP contribution is 2.27. The monoisotopic (exact) mass is 494 g/mol. The third-order valence-corrected chi connectivity index (χ3v) is 6.94. The van der Waals surface area contributed by atoms with Gasteiger partial charge in [0.15, 0.2) is 21.5 Å². The molecule has 0 bridgehead atoms. The van der Waals surface area contributed by atoms with Crippen LogP contribution in [0.15, 0.2) is 54.0 Å². The minimum Gasteiger partial charge on any atom is -0.337 e. The number of nitrogens with zero attached hydrogens (tertiary/aromatic N) is 7. The Morgan fingerprint density at radius 3 is 2.60 bits per heavy atom. The molecule has 0 fully saturated rings. The van der Waals surface area contributed by atoms with Gasteiger partial charge in [0.2, 0.25) is 11.6 Å². The molecule has 0 aliphatic carbocycles. The van der Waals surface area contributed by atoms with Crippen molar-refractivity contribution in [2.24, 2.45) is 0 Å². The summed E-state index contributed by atoms with van der Waals surface area (Å²) in [6, 6.07) is 3.68. The number of rotatable bonds is 6. The van der Waals surface area contributed by atoms with Crippen LogP contribution in [0.2, 0.25) is 0 Å². The van der Waals surface area contributed by atoms with Gasteiger partial charge in [0.25, 0.3) is 0 Å². The normalized spacial score (nSPS) is 14.3. The Hall–Kier alpha value is -3.93. The van der Waals surface area contributed by atoms with Gasteiger partial charge in [-0.25, -0.2) is 27.8 Å². The highest BCUT2D eigenvalue weighted by Gasteiger charge is 2.20. The lowest BCUT2D eigenvalue weighted by Gasteiger charge is -2.25. The topological polar surface area (TPSA) is 118 Å². The Morgan fingerprint density at radius 1 is 1.14 bits per heavy atom. The highest BCUT2D eigenvalue weighted by molar-refractivity contribution is 7.90. The van der Waals surface area contributed by atoms with Gasteiger partial charge >= 0.3 is 0 Å². The van der Waals surface area contributed by atoms with E-state index in [2.05, 4.69) is 48.4 Å². The molecule has 12 heteroatoms. The second-order valence-corrected chi connectivity index (χ2v) is 10.2. The Morgan fingerprint density at radius 2 is 1.94 bits per heavy atom. The molecule has 180 valence electrons. The zero-order valence-corrected chi connectivity index (χ0v) is 20.0. The van der Waals surface area contributed by atoms with Crippen molar-refractivity contribution < 1.29 is 12.8 Å². The van der Waals surface area contributed by atoms with E-state index < -0.39 is 15.7 Å². The van der Waals surface area contributed by atoms with E-state index in [9.17, 15) is 12.8 Å². The lowest BCUT2D eigenvalue weighted by Crippen LogP contribution is -2.30. The van der Waals surface area contributed by atoms with E-state index in [1.165, 1.54) is 12.1 Å². The predicted molar refractivity (Wildman–Crippen MR) is 130 cm³/mol. The molecule has 0 radical (unpaired) electrons. The maximum absolute atomic E-state index is 14.6. The van der Waals surface area contributed by atoms with Crippen LogP contribution >= 0.6 is 0 Å². The molecule has 1 aliphatic heterocycles. The van der Waals surface area contributed by atoms with Crippen molar-refractivity contribution in [1.82, 2.24) is 29.5 Å². The van der Waals surface area contributed by atoms with Crippen molar-refractivity contribution >= 4 is 38.5 Å². The Balaban J connectivity index is 1.39. The SMILES string of the molecule is CCc1cnc(N2CC=C(c3nnc4c(Nc5ccc(S(C)(=O)=O)cc5F)nccn34)CC2)nc1. The molecule has 1 N–H and O–H groups in total. The number of hydrogen-bond donors (Lipinski definition) is 1. The van der Waals surface area contributed by atoms with Crippen molar-refractivity contribution in [3.05, 3.63) is 66.3 Å². The van der Waals surface area contributed by atoms with Gasteiger partial charge in [0.05, 0.1) is 10.6 Å². The molecule has 0 amide bonds. The molecule has 1 aromatic carbocycles. The first-order valence-corrected chi connectivity index (χ1v) is 12.9. The number of aryl methyl sites for hydroxylation is 1. The number of sulfone groups is 1. The van der Waals surface area contributed by atoms with Crippen molar-refractivity contribution in [2.75, 3.05) is 29.6 Å². The first-order chi connectivity index (χ1) is 16.8. The third kappa shape index (κ3) is 4.56. The lowest BCUT2D eigenvalue weighted by molar-refractivity contribution is 0.596. The van der Waals surface area contributed by atoms with Crippen LogP contribution in [-0.2, 0) is 16.3 Å². The summed E-state index contributed by atoms with van der Waals surface area (Å²) in [5.74, 6) is 0.976. The van der Waals surface area contributed by atoms with Gasteiger partial charge in [-0.2, -0.15) is 0 Å². The van der Waals surface area contributed by atoms with E-state index in [4.69, 9.17) is 0 Å². The van der Waals surface area contributed by atoms with E-state index in [1.807, 2.05) is 12.4 Å². The summed E-state index contributed by atoms with van der Waals surface area (Å²) in [7, 11) is -3.51. The van der Waals surface area contributed by atoms with E-state index in [0.29, 0.717) is 29.8 Å². The van der Waals surface area contributed by atoms with E-state index in [0.717, 1.165) is 42.8 Å². The maximum atomic E-state index is 14.6. The summed E-state index contributed by atoms with van der Waals surface area (Å²) >= 11 is 0. The lowest BCUT2D eigenvalue weighted by atomic mass is 10.1. The molecule has 0 saturated carbocycles. The number of hydrogen-bond acceptors (Lipinski definition) is 9. The van der Waals surface area contributed by atoms with Crippen LogP contribution in [0.5, 0.6) is 0 Å². The van der Waals surface area contributed by atoms with Crippen molar-refractivity contribution in [3.63, 3.8) is 0 Å². The Kier molecular flexibility index (Phi) is 5.89. The summed E-state index contributed by atoms with van der Waals surface area (Å²) in [6.07, 6.45) is 11.8. The van der Waals surface area contributed by atoms with Crippen LogP contribution in [0.3, 0.4) is 0 Å². The fourth-order valence-corrected chi connectivity index (χ4v) is 4.47. The van der Waals surface area contributed by atoms with E-state index in [1.54, 1.807) is 16.8 Å². The van der Waals surface area contributed by atoms with Crippen LogP contribution in [0.25, 0.3) is 11.2 Å². The van der Waals surface area contributed by atoms with E-state index >= 15 is 0 Å². The van der Waals surface area contributed by atoms with Crippen molar-refractivity contribution in [3.8, 4) is 0 Å². The molecular formula is C23H23FN8O2S. The zero-order chi connectivity index (χ0) is 24.6. The summed E-state index contributed by atoms with van der Waals surface area (Å²) in [4.78, 5) is 15.2. The van der Waals surface area contributed by atoms with Crippen LogP contribution in [0, 0.1) is 5.82 Å². The highest BCUT2D eigenvalue weighted by atomic mass is 32.2. The molecule has 0 atom stereocenters. The minimum atomic E-state index is -3.51. The number of fused-ring (bicyclic) bond motifs is 1. The molecular weight excluding hydrogens is 471 g/mol. The summed E-state index contributed by atoms with van der Waals surface area (Å²) < 4.78 is 39.7. The van der Waals surface area contributed by atoms with Gasteiger partial charge in [-0.3, -0.25) is 4.40 Å². The zero-order valence-electron chi connectivity index (χ0n) is 19.2. The standard InChI is InChI=1S/C23H23FN8O2S/c1-3-15-13-26-23(27-14-15)31-9-6-16(7-10-31)21-29-30-22-20(25-8-11-32(21)22)28-19-5-4-17(12-18(19)24)35(2,33)34/h4-6,8,11-14H,3,7,9-10H2,1-2H3,(H,25,28). The van der Waals surface area contributed by atoms with Crippen LogP contribution in [0.4, 0.5) is 21.8 Å². The average Bonchev–Trinajstić information content (AvgIpc) is 3.30. The first-order valence-electron chi connectivity index (χ1n) is 11.0. The molecule has 0 spiro atoms. The van der Waals surface area contributed by atoms with Gasteiger partial charge in [0, 0.05) is 44.1 Å². The second-order valence-electron chi connectivity index (χ2n) is 8.20. The van der Waals surface area contributed by atoms with Crippen LogP contribution in [0.1, 0.15) is 24.7 Å². The molecule has 0 saturated heterocycles. The van der Waals surface area contributed by atoms with Gasteiger partial charge in [-0.05, 0) is 42.2 Å². The molecule has 35 heavy (non-hydrogen) atoms. The molecule has 4 heterocycles. The molecule has 1 aliphatic rings. The largest absolute Gasteiger partial charge is 0.337 e. The minimum absolute atomic E-state index is 0.0872. The molecule has 0 unspecified atom stereocenters. The quantitative estimate of drug-likeness (QED) is 0.431. The predicted octanol–water partition coefficient (Wildman–Crippen LogP) is 3.06. The van der Waals surface area contributed by atoms with Gasteiger partial charge in [-0.1, -0.05) is 13.0 Å². The number of aromatic nitrogens is 6. The van der Waals surface area contributed by atoms with Crippen LogP contribution in [-0.4, -0.2) is 57.3 Å². The number of halogens is 1. The van der Waals surface area contributed by atoms with Gasteiger partial charge in [-0.15, -0.1) is 10.2 Å². The molecule has 3 aromatic heterocycles. The fraction of sp³-hybridized carbons (Fsp3) is 0.261. The maximum Gasteiger partial charge on any atom is 0.225 e. The van der Waals surface area contributed by atoms with E-state index in [-0.39, 0.29) is 10.6 Å². The van der Waals surface area contributed by atoms with Gasteiger partial charge < -0.3 is 10.2 Å². The molecule has 5 rings (SSSR count). The van der Waals surface area contributed by atoms with Crippen molar-refractivity contribution in [1.29, 1.82) is 0 Å². The van der Waals surface area contributed by atoms with Crippen LogP contribution < -0.4 is 10.2 Å². The smallest absolute Gasteiger partial charge is 0.225 e. The second kappa shape index (κ2) is 9.02. The fourth-order valence-electron chi connectivity index (χ4n) is 3.84. The average molecular weight is 495 g/mol. The summed E-state index contributed by atoms with van der Waals surface area (Å²) in [5, 5.41) is 11.5. The molecule has 4 aromatic rings. The Bertz CT molecular complexity index is 1530. The number of benzene rings is 1. The number of nitrogens with one attached hydrogen (secondary N) is 1. The van der Waals surface area contributed by atoms with Gasteiger partial charge in [0.1, 0.15) is 5.82 Å². The van der Waals surface area contributed by atoms with Crippen molar-refractivity contribution in [2.45, 2.75) is 24.7 Å². The first kappa shape index (κ1) is 22.8. The molecule has 10 nitrogen and oxygen atoms in total.